The fourth-order valence-corrected chi connectivity index (χ4v) is 1.66. The van der Waals surface area contributed by atoms with E-state index in [2.05, 4.69) is 20.3 Å². The van der Waals surface area contributed by atoms with E-state index in [9.17, 15) is 0 Å². The van der Waals surface area contributed by atoms with Gasteiger partial charge in [-0.2, -0.15) is 0 Å². The topological polar surface area (TPSA) is 59.9 Å². The number of aromatic nitrogens is 3. The van der Waals surface area contributed by atoms with E-state index in [1.165, 1.54) is 0 Å². The first kappa shape index (κ1) is 12.3. The molecule has 94 valence electrons. The smallest absolute Gasteiger partial charge is 0.223 e. The number of hydrogen-bond acceptors (Lipinski definition) is 5. The Bertz CT molecular complexity index is 522. The quantitative estimate of drug-likeness (QED) is 0.892. The SMILES string of the molecule is COc1cc(CNc2nc(C)cc(C)n2)ccn1. The first-order valence-corrected chi connectivity index (χ1v) is 5.72. The van der Waals surface area contributed by atoms with E-state index in [0.29, 0.717) is 18.4 Å². The Morgan fingerprint density at radius 3 is 2.56 bits per heavy atom. The van der Waals surface area contributed by atoms with Crippen LogP contribution in [-0.2, 0) is 6.54 Å². The Hall–Kier alpha value is -2.17. The van der Waals surface area contributed by atoms with E-state index in [4.69, 9.17) is 4.74 Å². The van der Waals surface area contributed by atoms with Crippen molar-refractivity contribution in [2.24, 2.45) is 0 Å². The lowest BCUT2D eigenvalue weighted by Crippen LogP contribution is -2.05. The molecule has 0 spiro atoms. The van der Waals surface area contributed by atoms with Crippen molar-refractivity contribution in [3.05, 3.63) is 41.3 Å². The van der Waals surface area contributed by atoms with Gasteiger partial charge in [0.2, 0.25) is 11.8 Å². The minimum Gasteiger partial charge on any atom is -0.481 e. The van der Waals surface area contributed by atoms with Crippen LogP contribution in [0, 0.1) is 13.8 Å². The van der Waals surface area contributed by atoms with Crippen molar-refractivity contribution in [3.8, 4) is 5.88 Å². The average molecular weight is 244 g/mol. The maximum absolute atomic E-state index is 5.07. The predicted octanol–water partition coefficient (Wildman–Crippen LogP) is 2.11. The lowest BCUT2D eigenvalue weighted by atomic mass is 10.2. The van der Waals surface area contributed by atoms with E-state index in [0.717, 1.165) is 17.0 Å². The van der Waals surface area contributed by atoms with Gasteiger partial charge in [0.25, 0.3) is 0 Å². The van der Waals surface area contributed by atoms with E-state index < -0.39 is 0 Å². The lowest BCUT2D eigenvalue weighted by Gasteiger charge is -2.07. The molecule has 2 heterocycles. The molecule has 5 heteroatoms. The monoisotopic (exact) mass is 244 g/mol. The maximum Gasteiger partial charge on any atom is 0.223 e. The highest BCUT2D eigenvalue weighted by Crippen LogP contribution is 2.10. The molecule has 0 radical (unpaired) electrons. The summed E-state index contributed by atoms with van der Waals surface area (Å²) >= 11 is 0. The fourth-order valence-electron chi connectivity index (χ4n) is 1.66. The predicted molar refractivity (Wildman–Crippen MR) is 69.6 cm³/mol. The Labute approximate surface area is 106 Å². The minimum atomic E-state index is 0.607. The van der Waals surface area contributed by atoms with Crippen molar-refractivity contribution in [3.63, 3.8) is 0 Å². The Kier molecular flexibility index (Phi) is 3.72. The van der Waals surface area contributed by atoms with Crippen LogP contribution < -0.4 is 10.1 Å². The molecule has 0 aliphatic rings. The standard InChI is InChI=1S/C13H16N4O/c1-9-6-10(2)17-13(16-9)15-8-11-4-5-14-12(7-11)18-3/h4-7H,8H2,1-3H3,(H,15,16,17). The number of rotatable bonds is 4. The summed E-state index contributed by atoms with van der Waals surface area (Å²) in [4.78, 5) is 12.7. The third-order valence-electron chi connectivity index (χ3n) is 2.44. The van der Waals surface area contributed by atoms with Crippen LogP contribution >= 0.6 is 0 Å². The molecule has 1 N–H and O–H groups in total. The van der Waals surface area contributed by atoms with Gasteiger partial charge in [-0.3, -0.25) is 0 Å². The number of aryl methyl sites for hydroxylation is 2. The van der Waals surface area contributed by atoms with Gasteiger partial charge in [0.15, 0.2) is 0 Å². The van der Waals surface area contributed by atoms with Gasteiger partial charge in [-0.15, -0.1) is 0 Å². The Morgan fingerprint density at radius 1 is 1.17 bits per heavy atom. The molecule has 0 bridgehead atoms. The molecule has 2 rings (SSSR count). The summed E-state index contributed by atoms with van der Waals surface area (Å²) in [6.45, 7) is 4.55. The highest BCUT2D eigenvalue weighted by atomic mass is 16.5. The van der Waals surface area contributed by atoms with Gasteiger partial charge >= 0.3 is 0 Å². The molecule has 0 amide bonds. The second kappa shape index (κ2) is 5.44. The van der Waals surface area contributed by atoms with Crippen molar-refractivity contribution >= 4 is 5.95 Å². The second-order valence-electron chi connectivity index (χ2n) is 4.03. The first-order chi connectivity index (χ1) is 8.67. The molecule has 0 fully saturated rings. The van der Waals surface area contributed by atoms with Crippen molar-refractivity contribution in [2.75, 3.05) is 12.4 Å². The summed E-state index contributed by atoms with van der Waals surface area (Å²) in [5.41, 5.74) is 2.99. The summed E-state index contributed by atoms with van der Waals surface area (Å²) in [5, 5.41) is 3.19. The maximum atomic E-state index is 5.07. The highest BCUT2D eigenvalue weighted by molar-refractivity contribution is 5.30. The van der Waals surface area contributed by atoms with Crippen molar-refractivity contribution in [2.45, 2.75) is 20.4 Å². The summed E-state index contributed by atoms with van der Waals surface area (Å²) in [7, 11) is 1.60. The largest absolute Gasteiger partial charge is 0.481 e. The molecule has 0 saturated carbocycles. The number of ether oxygens (including phenoxy) is 1. The van der Waals surface area contributed by atoms with E-state index in [-0.39, 0.29) is 0 Å². The number of anilines is 1. The molecule has 0 aliphatic heterocycles. The molecule has 2 aromatic heterocycles. The second-order valence-corrected chi connectivity index (χ2v) is 4.03. The highest BCUT2D eigenvalue weighted by Gasteiger charge is 2.01. The van der Waals surface area contributed by atoms with Crippen LogP contribution in [0.15, 0.2) is 24.4 Å². The van der Waals surface area contributed by atoms with Gasteiger partial charge in [-0.1, -0.05) is 0 Å². The molecule has 18 heavy (non-hydrogen) atoms. The van der Waals surface area contributed by atoms with Crippen LogP contribution in [0.2, 0.25) is 0 Å². The third kappa shape index (κ3) is 3.16. The molecule has 0 aliphatic carbocycles. The van der Waals surface area contributed by atoms with Crippen LogP contribution in [0.3, 0.4) is 0 Å². The average Bonchev–Trinajstić information content (AvgIpc) is 2.35. The number of nitrogens with zero attached hydrogens (tertiary/aromatic N) is 3. The van der Waals surface area contributed by atoms with Crippen LogP contribution in [0.4, 0.5) is 5.95 Å². The summed E-state index contributed by atoms with van der Waals surface area (Å²) in [6, 6.07) is 5.76. The third-order valence-corrected chi connectivity index (χ3v) is 2.44. The van der Waals surface area contributed by atoms with Gasteiger partial charge in [0, 0.05) is 30.2 Å². The van der Waals surface area contributed by atoms with E-state index >= 15 is 0 Å². The number of nitrogens with one attached hydrogen (secondary N) is 1. The number of pyridine rings is 1. The fraction of sp³-hybridized carbons (Fsp3) is 0.308. The van der Waals surface area contributed by atoms with Gasteiger partial charge < -0.3 is 10.1 Å². The molecule has 0 aromatic carbocycles. The van der Waals surface area contributed by atoms with Crippen LogP contribution in [0.5, 0.6) is 5.88 Å². The molecule has 2 aromatic rings. The zero-order chi connectivity index (χ0) is 13.0. The van der Waals surface area contributed by atoms with Crippen molar-refractivity contribution in [1.29, 1.82) is 0 Å². The van der Waals surface area contributed by atoms with Crippen LogP contribution in [-0.4, -0.2) is 22.1 Å². The van der Waals surface area contributed by atoms with E-state index in [1.807, 2.05) is 32.0 Å². The molecule has 0 saturated heterocycles. The lowest BCUT2D eigenvalue weighted by molar-refractivity contribution is 0.397. The molecule has 0 atom stereocenters. The van der Waals surface area contributed by atoms with Crippen LogP contribution in [0.25, 0.3) is 0 Å². The minimum absolute atomic E-state index is 0.607. The van der Waals surface area contributed by atoms with E-state index in [1.54, 1.807) is 13.3 Å². The first-order valence-electron chi connectivity index (χ1n) is 5.72. The molecule has 0 unspecified atom stereocenters. The van der Waals surface area contributed by atoms with Crippen LogP contribution in [0.1, 0.15) is 17.0 Å². The summed E-state index contributed by atoms with van der Waals surface area (Å²) in [5.74, 6) is 1.25. The summed E-state index contributed by atoms with van der Waals surface area (Å²) in [6.07, 6.45) is 1.72. The zero-order valence-electron chi connectivity index (χ0n) is 10.8. The van der Waals surface area contributed by atoms with Gasteiger partial charge in [-0.05, 0) is 31.5 Å². The zero-order valence-corrected chi connectivity index (χ0v) is 10.8. The number of hydrogen-bond donors (Lipinski definition) is 1. The van der Waals surface area contributed by atoms with Gasteiger partial charge in [0.05, 0.1) is 7.11 Å². The normalized spacial score (nSPS) is 10.2. The van der Waals surface area contributed by atoms with Crippen molar-refractivity contribution < 1.29 is 4.74 Å². The summed E-state index contributed by atoms with van der Waals surface area (Å²) < 4.78 is 5.07. The number of methoxy groups -OCH3 is 1. The molecule has 5 nitrogen and oxygen atoms in total. The molecular formula is C13H16N4O. The molecular weight excluding hydrogens is 228 g/mol. The Balaban J connectivity index is 2.06. The van der Waals surface area contributed by atoms with Crippen molar-refractivity contribution in [1.82, 2.24) is 15.0 Å². The Morgan fingerprint density at radius 2 is 1.89 bits per heavy atom. The van der Waals surface area contributed by atoms with Gasteiger partial charge in [-0.25, -0.2) is 15.0 Å². The van der Waals surface area contributed by atoms with Gasteiger partial charge in [0.1, 0.15) is 0 Å².